The summed E-state index contributed by atoms with van der Waals surface area (Å²) < 4.78 is 61.6. The van der Waals surface area contributed by atoms with E-state index in [1.54, 1.807) is 0 Å². The first-order chi connectivity index (χ1) is 12.2. The highest BCUT2D eigenvalue weighted by molar-refractivity contribution is 7.96. The van der Waals surface area contributed by atoms with E-state index in [1.807, 2.05) is 0 Å². The third kappa shape index (κ3) is 3.94. The van der Waals surface area contributed by atoms with Crippen molar-refractivity contribution >= 4 is 31.3 Å². The van der Waals surface area contributed by atoms with Crippen LogP contribution in [0.25, 0.3) is 0 Å². The number of hydrogen-bond donors (Lipinski definition) is 1. The van der Waals surface area contributed by atoms with Gasteiger partial charge in [0, 0.05) is 11.3 Å². The summed E-state index contributed by atoms with van der Waals surface area (Å²) in [6, 6.07) is 10.7. The second-order valence-corrected chi connectivity index (χ2v) is 10.5. The summed E-state index contributed by atoms with van der Waals surface area (Å²) in [4.78, 5) is 12.2. The minimum atomic E-state index is -3.86. The Morgan fingerprint density at radius 3 is 2.50 bits per heavy atom. The number of anilines is 1. The number of nitrogens with one attached hydrogen (secondary N) is 1. The maximum absolute atomic E-state index is 13.2. The second kappa shape index (κ2) is 6.81. The largest absolute Gasteiger partial charge is 0.322 e. The van der Waals surface area contributed by atoms with Crippen LogP contribution in [0.1, 0.15) is 16.8 Å². The van der Waals surface area contributed by atoms with Crippen LogP contribution in [0.5, 0.6) is 0 Å². The maximum Gasteiger partial charge on any atom is 0.255 e. The third-order valence-electron chi connectivity index (χ3n) is 4.14. The summed E-state index contributed by atoms with van der Waals surface area (Å²) in [5.41, 5.74) is 0.321. The highest BCUT2D eigenvalue weighted by Crippen LogP contribution is 2.26. The zero-order valence-electron chi connectivity index (χ0n) is 13.6. The van der Waals surface area contributed by atoms with Gasteiger partial charge in [0.25, 0.3) is 5.91 Å². The minimum absolute atomic E-state index is 0.0460. The van der Waals surface area contributed by atoms with Crippen molar-refractivity contribution in [3.63, 3.8) is 0 Å². The van der Waals surface area contributed by atoms with Crippen LogP contribution in [0.2, 0.25) is 0 Å². The molecule has 6 nitrogen and oxygen atoms in total. The molecule has 0 spiro atoms. The molecule has 3 rings (SSSR count). The average molecular weight is 397 g/mol. The second-order valence-electron chi connectivity index (χ2n) is 6.06. The lowest BCUT2D eigenvalue weighted by Gasteiger charge is -2.11. The standard InChI is InChI=1S/C17H16FNO5S2/c18-13-4-2-5-14(10-13)19-17(20)12-3-1-6-15(9-12)26(23,24)16-7-8-25(21,22)11-16/h1-6,9-10,16H,7-8,11H2,(H,19,20)/t16-/m0/s1. The lowest BCUT2D eigenvalue weighted by Crippen LogP contribution is -2.23. The molecule has 1 amide bonds. The van der Waals surface area contributed by atoms with E-state index in [-0.39, 0.29) is 28.3 Å². The van der Waals surface area contributed by atoms with Gasteiger partial charge in [0.1, 0.15) is 5.82 Å². The van der Waals surface area contributed by atoms with Crippen molar-refractivity contribution in [3.05, 3.63) is 59.9 Å². The summed E-state index contributed by atoms with van der Waals surface area (Å²) >= 11 is 0. The summed E-state index contributed by atoms with van der Waals surface area (Å²) in [6.07, 6.45) is 0.0460. The van der Waals surface area contributed by atoms with Gasteiger partial charge in [0.15, 0.2) is 19.7 Å². The molecular weight excluding hydrogens is 381 g/mol. The van der Waals surface area contributed by atoms with Gasteiger partial charge in [0.05, 0.1) is 21.7 Å². The first kappa shape index (κ1) is 18.5. The van der Waals surface area contributed by atoms with Gasteiger partial charge in [-0.15, -0.1) is 0 Å². The van der Waals surface area contributed by atoms with E-state index in [9.17, 15) is 26.0 Å². The molecule has 0 saturated carbocycles. The highest BCUT2D eigenvalue weighted by Gasteiger charge is 2.38. The zero-order chi connectivity index (χ0) is 18.9. The van der Waals surface area contributed by atoms with Crippen LogP contribution in [-0.4, -0.2) is 39.5 Å². The quantitative estimate of drug-likeness (QED) is 0.851. The topological polar surface area (TPSA) is 97.4 Å². The van der Waals surface area contributed by atoms with E-state index in [1.165, 1.54) is 42.5 Å². The maximum atomic E-state index is 13.2. The van der Waals surface area contributed by atoms with E-state index in [0.717, 1.165) is 6.07 Å². The Labute approximate surface area is 150 Å². The molecule has 2 aromatic rings. The van der Waals surface area contributed by atoms with Gasteiger partial charge in [-0.1, -0.05) is 12.1 Å². The fraction of sp³-hybridized carbons (Fsp3) is 0.235. The van der Waals surface area contributed by atoms with Gasteiger partial charge >= 0.3 is 0 Å². The van der Waals surface area contributed by atoms with Crippen LogP contribution in [0.15, 0.2) is 53.4 Å². The van der Waals surface area contributed by atoms with Gasteiger partial charge in [0.2, 0.25) is 0 Å². The first-order valence-electron chi connectivity index (χ1n) is 7.79. The Bertz CT molecular complexity index is 1060. The van der Waals surface area contributed by atoms with E-state index in [0.29, 0.717) is 0 Å². The fourth-order valence-electron chi connectivity index (χ4n) is 2.78. The van der Waals surface area contributed by atoms with Crippen LogP contribution in [0.4, 0.5) is 10.1 Å². The van der Waals surface area contributed by atoms with Crippen molar-refractivity contribution in [1.29, 1.82) is 0 Å². The van der Waals surface area contributed by atoms with Gasteiger partial charge in [-0.25, -0.2) is 21.2 Å². The van der Waals surface area contributed by atoms with Gasteiger partial charge in [-0.2, -0.15) is 0 Å². The molecule has 0 radical (unpaired) electrons. The normalized spacial score (nSPS) is 19.2. The van der Waals surface area contributed by atoms with Gasteiger partial charge < -0.3 is 5.32 Å². The predicted octanol–water partition coefficient (Wildman–Crippen LogP) is 2.04. The Morgan fingerprint density at radius 1 is 1.12 bits per heavy atom. The number of carbonyl (C=O) groups excluding carboxylic acids is 1. The van der Waals surface area contributed by atoms with E-state index in [4.69, 9.17) is 0 Å². The molecule has 1 atom stereocenters. The molecule has 0 aromatic heterocycles. The van der Waals surface area contributed by atoms with Crippen LogP contribution >= 0.6 is 0 Å². The Hall–Kier alpha value is -2.26. The van der Waals surface area contributed by atoms with Crippen molar-refractivity contribution in [3.8, 4) is 0 Å². The SMILES string of the molecule is O=C(Nc1cccc(F)c1)c1cccc(S(=O)(=O)[C@H]2CCS(=O)(=O)C2)c1. The molecule has 0 bridgehead atoms. The smallest absolute Gasteiger partial charge is 0.255 e. The molecular formula is C17H16FNO5S2. The van der Waals surface area contributed by atoms with E-state index < -0.39 is 42.4 Å². The number of carbonyl (C=O) groups is 1. The summed E-state index contributed by atoms with van der Waals surface area (Å²) in [7, 11) is -7.22. The number of benzene rings is 2. The van der Waals surface area contributed by atoms with Crippen molar-refractivity contribution in [1.82, 2.24) is 0 Å². The predicted molar refractivity (Wildman–Crippen MR) is 95.0 cm³/mol. The molecule has 1 aliphatic rings. The molecule has 1 aliphatic heterocycles. The molecule has 1 heterocycles. The van der Waals surface area contributed by atoms with Crippen molar-refractivity contribution in [2.75, 3.05) is 16.8 Å². The zero-order valence-corrected chi connectivity index (χ0v) is 15.2. The Kier molecular flexibility index (Phi) is 4.85. The minimum Gasteiger partial charge on any atom is -0.322 e. The third-order valence-corrected chi connectivity index (χ3v) is 8.31. The monoisotopic (exact) mass is 397 g/mol. The fourth-order valence-corrected chi connectivity index (χ4v) is 7.19. The molecule has 26 heavy (non-hydrogen) atoms. The molecule has 1 saturated heterocycles. The summed E-state index contributed by atoms with van der Waals surface area (Å²) in [6.45, 7) is 0. The number of amides is 1. The van der Waals surface area contributed by atoms with Gasteiger partial charge in [-0.3, -0.25) is 4.79 Å². The number of sulfone groups is 2. The molecule has 138 valence electrons. The van der Waals surface area contributed by atoms with E-state index >= 15 is 0 Å². The van der Waals surface area contributed by atoms with Crippen LogP contribution < -0.4 is 5.32 Å². The molecule has 0 unspecified atom stereocenters. The van der Waals surface area contributed by atoms with Crippen molar-refractivity contribution < 1.29 is 26.0 Å². The Balaban J connectivity index is 1.85. The van der Waals surface area contributed by atoms with Crippen LogP contribution in [-0.2, 0) is 19.7 Å². The number of halogens is 1. The van der Waals surface area contributed by atoms with Gasteiger partial charge in [-0.05, 0) is 42.8 Å². The molecule has 9 heteroatoms. The lowest BCUT2D eigenvalue weighted by atomic mass is 10.2. The lowest BCUT2D eigenvalue weighted by molar-refractivity contribution is 0.102. The van der Waals surface area contributed by atoms with Crippen molar-refractivity contribution in [2.24, 2.45) is 0 Å². The summed E-state index contributed by atoms with van der Waals surface area (Å²) in [5, 5.41) is 1.49. The van der Waals surface area contributed by atoms with Crippen LogP contribution in [0.3, 0.4) is 0 Å². The van der Waals surface area contributed by atoms with E-state index in [2.05, 4.69) is 5.32 Å². The molecule has 1 fully saturated rings. The van der Waals surface area contributed by atoms with Crippen molar-refractivity contribution in [2.45, 2.75) is 16.6 Å². The first-order valence-corrected chi connectivity index (χ1v) is 11.2. The number of rotatable bonds is 4. The number of hydrogen-bond acceptors (Lipinski definition) is 5. The Morgan fingerprint density at radius 2 is 1.85 bits per heavy atom. The summed E-state index contributed by atoms with van der Waals surface area (Å²) in [5.74, 6) is -1.67. The molecule has 1 N–H and O–H groups in total. The molecule has 2 aromatic carbocycles. The highest BCUT2D eigenvalue weighted by atomic mass is 32.2. The van der Waals surface area contributed by atoms with Crippen LogP contribution in [0, 0.1) is 5.82 Å². The molecule has 0 aliphatic carbocycles. The average Bonchev–Trinajstić information content (AvgIpc) is 2.96.